The largest absolute Gasteiger partial charge is 0.478 e. The van der Waals surface area contributed by atoms with Crippen molar-refractivity contribution in [3.63, 3.8) is 0 Å². The summed E-state index contributed by atoms with van der Waals surface area (Å²) in [4.78, 5) is 23.0. The van der Waals surface area contributed by atoms with E-state index in [4.69, 9.17) is 5.11 Å². The average molecular weight is 341 g/mol. The van der Waals surface area contributed by atoms with E-state index in [1.54, 1.807) is 6.07 Å². The monoisotopic (exact) mass is 340 g/mol. The first kappa shape index (κ1) is 15.0. The highest BCUT2D eigenvalue weighted by atomic mass is 79.9. The molecule has 0 bridgehead atoms. The van der Waals surface area contributed by atoms with Gasteiger partial charge in [-0.25, -0.2) is 4.79 Å². The van der Waals surface area contributed by atoms with Gasteiger partial charge in [-0.3, -0.25) is 4.79 Å². The van der Waals surface area contributed by atoms with E-state index >= 15 is 0 Å². The van der Waals surface area contributed by atoms with Gasteiger partial charge in [-0.15, -0.1) is 0 Å². The van der Waals surface area contributed by atoms with Crippen molar-refractivity contribution in [1.82, 2.24) is 5.32 Å². The summed E-state index contributed by atoms with van der Waals surface area (Å²) >= 11 is 3.28. The third-order valence-corrected chi connectivity index (χ3v) is 4.01. The van der Waals surface area contributed by atoms with E-state index in [2.05, 4.69) is 26.6 Å². The summed E-state index contributed by atoms with van der Waals surface area (Å²) in [6, 6.07) is 4.38. The molecule has 0 saturated carbocycles. The molecular formula is C14H17BrN2O3. The number of amides is 1. The van der Waals surface area contributed by atoms with Crippen LogP contribution in [0.25, 0.3) is 0 Å². The Bertz CT molecular complexity index is 511. The lowest BCUT2D eigenvalue weighted by Gasteiger charge is -2.16. The topological polar surface area (TPSA) is 78.4 Å². The van der Waals surface area contributed by atoms with Crippen LogP contribution in [0.5, 0.6) is 0 Å². The zero-order chi connectivity index (χ0) is 14.5. The van der Waals surface area contributed by atoms with E-state index in [9.17, 15) is 9.59 Å². The molecule has 1 heterocycles. The molecule has 1 aromatic carbocycles. The third kappa shape index (κ3) is 3.80. The van der Waals surface area contributed by atoms with Crippen molar-refractivity contribution in [2.75, 3.05) is 11.9 Å². The highest BCUT2D eigenvalue weighted by Crippen LogP contribution is 2.24. The zero-order valence-electron chi connectivity index (χ0n) is 11.0. The molecule has 108 valence electrons. The summed E-state index contributed by atoms with van der Waals surface area (Å²) in [7, 11) is 0. The summed E-state index contributed by atoms with van der Waals surface area (Å²) in [5.41, 5.74) is 0.772. The Labute approximate surface area is 125 Å². The molecule has 1 aliphatic heterocycles. The Morgan fingerprint density at radius 2 is 2.10 bits per heavy atom. The van der Waals surface area contributed by atoms with E-state index in [0.29, 0.717) is 10.2 Å². The fourth-order valence-electron chi connectivity index (χ4n) is 2.22. The maximum atomic E-state index is 12.2. The summed E-state index contributed by atoms with van der Waals surface area (Å²) in [5, 5.41) is 15.0. The molecule has 6 heteroatoms. The van der Waals surface area contributed by atoms with Gasteiger partial charge < -0.3 is 15.7 Å². The van der Waals surface area contributed by atoms with Crippen LogP contribution >= 0.6 is 15.9 Å². The van der Waals surface area contributed by atoms with Crippen LogP contribution < -0.4 is 10.6 Å². The first-order valence-corrected chi connectivity index (χ1v) is 7.44. The molecule has 5 nitrogen and oxygen atoms in total. The standard InChI is InChI=1S/C14H17BrN2O3/c15-10-8-9(14(19)20)5-6-11(10)17-13(18)12-4-2-1-3-7-16-12/h5-6,8,12,16H,1-4,7H2,(H,17,18)(H,19,20). The molecule has 1 unspecified atom stereocenters. The summed E-state index contributed by atoms with van der Waals surface area (Å²) in [6.07, 6.45) is 4.12. The van der Waals surface area contributed by atoms with Crippen molar-refractivity contribution in [3.05, 3.63) is 28.2 Å². The number of benzene rings is 1. The van der Waals surface area contributed by atoms with Gasteiger partial charge in [-0.2, -0.15) is 0 Å². The number of rotatable bonds is 3. The second-order valence-corrected chi connectivity index (χ2v) is 5.70. The lowest BCUT2D eigenvalue weighted by Crippen LogP contribution is -2.39. The van der Waals surface area contributed by atoms with E-state index in [-0.39, 0.29) is 17.5 Å². The Kier molecular flexibility index (Phi) is 5.14. The summed E-state index contributed by atoms with van der Waals surface area (Å²) < 4.78 is 0.569. The van der Waals surface area contributed by atoms with Crippen molar-refractivity contribution in [1.29, 1.82) is 0 Å². The second-order valence-electron chi connectivity index (χ2n) is 4.85. The predicted molar refractivity (Wildman–Crippen MR) is 80.0 cm³/mol. The fraction of sp³-hybridized carbons (Fsp3) is 0.429. The van der Waals surface area contributed by atoms with Crippen LogP contribution in [0.2, 0.25) is 0 Å². The summed E-state index contributed by atoms with van der Waals surface area (Å²) in [5.74, 6) is -1.07. The van der Waals surface area contributed by atoms with Gasteiger partial charge in [0.05, 0.1) is 17.3 Å². The summed E-state index contributed by atoms with van der Waals surface area (Å²) in [6.45, 7) is 0.858. The molecular weight excluding hydrogens is 324 g/mol. The Morgan fingerprint density at radius 3 is 2.80 bits per heavy atom. The molecule has 2 rings (SSSR count). The Balaban J connectivity index is 2.05. The van der Waals surface area contributed by atoms with Crippen LogP contribution in [0, 0.1) is 0 Å². The molecule has 1 aliphatic rings. The number of carboxylic acid groups (broad SMARTS) is 1. The SMILES string of the molecule is O=C(O)c1ccc(NC(=O)C2CCCCCN2)c(Br)c1. The maximum absolute atomic E-state index is 12.2. The lowest BCUT2D eigenvalue weighted by molar-refractivity contribution is -0.118. The highest BCUT2D eigenvalue weighted by molar-refractivity contribution is 9.10. The van der Waals surface area contributed by atoms with Gasteiger partial charge in [0.25, 0.3) is 0 Å². The minimum absolute atomic E-state index is 0.0734. The molecule has 0 aliphatic carbocycles. The molecule has 0 radical (unpaired) electrons. The normalized spacial score (nSPS) is 19.1. The van der Waals surface area contributed by atoms with E-state index in [1.807, 2.05) is 0 Å². The van der Waals surface area contributed by atoms with Crippen molar-refractivity contribution in [2.24, 2.45) is 0 Å². The van der Waals surface area contributed by atoms with Crippen LogP contribution in [0.3, 0.4) is 0 Å². The third-order valence-electron chi connectivity index (χ3n) is 3.35. The lowest BCUT2D eigenvalue weighted by atomic mass is 10.1. The van der Waals surface area contributed by atoms with Gasteiger partial charge in [0.15, 0.2) is 0 Å². The molecule has 1 aromatic rings. The zero-order valence-corrected chi connectivity index (χ0v) is 12.6. The molecule has 0 aromatic heterocycles. The Hall–Kier alpha value is -1.40. The van der Waals surface area contributed by atoms with Crippen LogP contribution in [0.15, 0.2) is 22.7 Å². The maximum Gasteiger partial charge on any atom is 0.335 e. The van der Waals surface area contributed by atoms with Gasteiger partial charge in [0, 0.05) is 4.47 Å². The van der Waals surface area contributed by atoms with Crippen LogP contribution in [0.4, 0.5) is 5.69 Å². The number of carbonyl (C=O) groups excluding carboxylic acids is 1. The van der Waals surface area contributed by atoms with Gasteiger partial charge in [0.2, 0.25) is 5.91 Å². The van der Waals surface area contributed by atoms with Crippen LogP contribution in [-0.4, -0.2) is 29.6 Å². The van der Waals surface area contributed by atoms with Gasteiger partial charge in [-0.05, 0) is 53.5 Å². The van der Waals surface area contributed by atoms with Crippen molar-refractivity contribution in [3.8, 4) is 0 Å². The number of halogens is 1. The number of carbonyl (C=O) groups is 2. The van der Waals surface area contributed by atoms with Gasteiger partial charge in [0.1, 0.15) is 0 Å². The molecule has 3 N–H and O–H groups in total. The fourth-order valence-corrected chi connectivity index (χ4v) is 2.70. The average Bonchev–Trinajstić information content (AvgIpc) is 2.69. The molecule has 1 fully saturated rings. The van der Waals surface area contributed by atoms with Crippen LogP contribution in [-0.2, 0) is 4.79 Å². The smallest absolute Gasteiger partial charge is 0.335 e. The van der Waals surface area contributed by atoms with Crippen molar-refractivity contribution >= 4 is 33.5 Å². The number of anilines is 1. The molecule has 1 atom stereocenters. The molecule has 1 saturated heterocycles. The highest BCUT2D eigenvalue weighted by Gasteiger charge is 2.20. The minimum atomic E-state index is -0.992. The van der Waals surface area contributed by atoms with Crippen molar-refractivity contribution < 1.29 is 14.7 Å². The van der Waals surface area contributed by atoms with E-state index < -0.39 is 5.97 Å². The molecule has 0 spiro atoms. The number of carboxylic acids is 1. The predicted octanol–water partition coefficient (Wildman–Crippen LogP) is 2.62. The number of nitrogens with one attached hydrogen (secondary N) is 2. The van der Waals surface area contributed by atoms with Gasteiger partial charge >= 0.3 is 5.97 Å². The first-order valence-electron chi connectivity index (χ1n) is 6.65. The molecule has 20 heavy (non-hydrogen) atoms. The quantitative estimate of drug-likeness (QED) is 0.790. The van der Waals surface area contributed by atoms with Gasteiger partial charge in [-0.1, -0.05) is 12.8 Å². The minimum Gasteiger partial charge on any atom is -0.478 e. The number of hydrogen-bond acceptors (Lipinski definition) is 3. The number of aromatic carboxylic acids is 1. The van der Waals surface area contributed by atoms with Crippen molar-refractivity contribution in [2.45, 2.75) is 31.7 Å². The first-order chi connectivity index (χ1) is 9.58. The van der Waals surface area contributed by atoms with Crippen LogP contribution in [0.1, 0.15) is 36.0 Å². The van der Waals surface area contributed by atoms with E-state index in [1.165, 1.54) is 12.1 Å². The Morgan fingerprint density at radius 1 is 1.30 bits per heavy atom. The second kappa shape index (κ2) is 6.85. The number of hydrogen-bond donors (Lipinski definition) is 3. The van der Waals surface area contributed by atoms with E-state index in [0.717, 1.165) is 32.2 Å². The molecule has 1 amide bonds.